The van der Waals surface area contributed by atoms with Gasteiger partial charge >= 0.3 is 0 Å². The van der Waals surface area contributed by atoms with E-state index >= 15 is 0 Å². The summed E-state index contributed by atoms with van der Waals surface area (Å²) in [5, 5.41) is 13.6. The van der Waals surface area contributed by atoms with Gasteiger partial charge in [-0.25, -0.2) is 0 Å². The third-order valence-electron chi connectivity index (χ3n) is 4.93. The van der Waals surface area contributed by atoms with Gasteiger partial charge in [0.15, 0.2) is 11.0 Å². The summed E-state index contributed by atoms with van der Waals surface area (Å²) in [6, 6.07) is 11.3. The molecule has 0 bridgehead atoms. The van der Waals surface area contributed by atoms with Crippen LogP contribution in [0, 0.1) is 0 Å². The summed E-state index contributed by atoms with van der Waals surface area (Å²) in [6.45, 7) is 5.34. The van der Waals surface area contributed by atoms with Crippen molar-refractivity contribution in [2.75, 3.05) is 10.2 Å². The van der Waals surface area contributed by atoms with Crippen LogP contribution >= 0.6 is 23.1 Å². The molecule has 0 spiro atoms. The number of anilines is 2. The Morgan fingerprint density at radius 1 is 1.21 bits per heavy atom. The zero-order valence-electron chi connectivity index (χ0n) is 16.5. The highest BCUT2D eigenvalue weighted by Crippen LogP contribution is 2.38. The number of benzene rings is 1. The lowest BCUT2D eigenvalue weighted by Crippen LogP contribution is -2.60. The third kappa shape index (κ3) is 3.34. The van der Waals surface area contributed by atoms with Crippen LogP contribution in [0.3, 0.4) is 0 Å². The van der Waals surface area contributed by atoms with E-state index in [2.05, 4.69) is 15.5 Å². The van der Waals surface area contributed by atoms with Gasteiger partial charge in [0.05, 0.1) is 21.5 Å². The first-order chi connectivity index (χ1) is 13.8. The van der Waals surface area contributed by atoms with Crippen LogP contribution in [-0.2, 0) is 16.6 Å². The van der Waals surface area contributed by atoms with E-state index in [4.69, 9.17) is 0 Å². The maximum atomic E-state index is 13.4. The highest BCUT2D eigenvalue weighted by Gasteiger charge is 2.45. The Bertz CT molecular complexity index is 1070. The quantitative estimate of drug-likeness (QED) is 0.641. The number of fused-ring (bicyclic) bond motifs is 1. The average Bonchev–Trinajstić information content (AvgIpc) is 3.32. The van der Waals surface area contributed by atoms with Crippen molar-refractivity contribution < 1.29 is 9.59 Å². The molecule has 7 nitrogen and oxygen atoms in total. The molecule has 0 radical (unpaired) electrons. The van der Waals surface area contributed by atoms with E-state index in [9.17, 15) is 9.59 Å². The Morgan fingerprint density at radius 2 is 1.97 bits per heavy atom. The number of thiophene rings is 1. The van der Waals surface area contributed by atoms with Crippen molar-refractivity contribution in [3.63, 3.8) is 0 Å². The normalized spacial score (nSPS) is 16.3. The van der Waals surface area contributed by atoms with Crippen molar-refractivity contribution in [2.24, 2.45) is 7.05 Å². The fraction of sp³-hybridized carbons (Fsp3) is 0.300. The molecular weight excluding hydrogens is 406 g/mol. The number of rotatable bonds is 4. The van der Waals surface area contributed by atoms with Crippen molar-refractivity contribution in [1.29, 1.82) is 0 Å². The van der Waals surface area contributed by atoms with E-state index < -0.39 is 10.8 Å². The second-order valence-corrected chi connectivity index (χ2v) is 9.56. The summed E-state index contributed by atoms with van der Waals surface area (Å²) in [5.41, 5.74) is 0.343. The van der Waals surface area contributed by atoms with Gasteiger partial charge in [0, 0.05) is 7.05 Å². The molecule has 150 valence electrons. The van der Waals surface area contributed by atoms with Gasteiger partial charge < -0.3 is 9.88 Å². The molecular formula is C20H21N5O2S2. The molecule has 1 unspecified atom stereocenters. The van der Waals surface area contributed by atoms with E-state index in [0.29, 0.717) is 16.5 Å². The number of amides is 2. The third-order valence-corrected chi connectivity index (χ3v) is 6.92. The van der Waals surface area contributed by atoms with Crippen molar-refractivity contribution in [3.05, 3.63) is 41.8 Å². The van der Waals surface area contributed by atoms with Gasteiger partial charge in [-0.3, -0.25) is 14.5 Å². The molecule has 0 aliphatic carbocycles. The average molecular weight is 428 g/mol. The van der Waals surface area contributed by atoms with Gasteiger partial charge in [0.2, 0.25) is 11.8 Å². The molecule has 4 rings (SSSR count). The molecule has 2 aromatic heterocycles. The summed E-state index contributed by atoms with van der Waals surface area (Å²) in [7, 11) is 1.89. The summed E-state index contributed by atoms with van der Waals surface area (Å²) in [6.07, 6.45) is 0. The molecule has 1 N–H and O–H groups in total. The maximum Gasteiger partial charge on any atom is 0.250 e. The molecule has 1 atom stereocenters. The van der Waals surface area contributed by atoms with E-state index in [1.165, 1.54) is 11.8 Å². The Hall–Kier alpha value is -2.65. The van der Waals surface area contributed by atoms with Crippen molar-refractivity contribution in [1.82, 2.24) is 14.8 Å². The molecule has 2 amide bonds. The monoisotopic (exact) mass is 427 g/mol. The summed E-state index contributed by atoms with van der Waals surface area (Å²) in [4.78, 5) is 28.7. The SMILES string of the molecule is CC(Sc1nnc(-c2cccs2)n1C)C(=O)N1c2ccccc2NC(=O)C1(C)C. The second-order valence-electron chi connectivity index (χ2n) is 7.31. The predicted molar refractivity (Wildman–Crippen MR) is 116 cm³/mol. The molecule has 3 heterocycles. The van der Waals surface area contributed by atoms with Crippen LogP contribution in [0.1, 0.15) is 20.8 Å². The zero-order chi connectivity index (χ0) is 20.8. The zero-order valence-corrected chi connectivity index (χ0v) is 18.2. The van der Waals surface area contributed by atoms with Gasteiger partial charge in [-0.2, -0.15) is 0 Å². The molecule has 1 aliphatic heterocycles. The second kappa shape index (κ2) is 7.31. The number of aromatic nitrogens is 3. The predicted octanol–water partition coefficient (Wildman–Crippen LogP) is 3.79. The van der Waals surface area contributed by atoms with Crippen molar-refractivity contribution >= 4 is 46.3 Å². The number of hydrogen-bond acceptors (Lipinski definition) is 6. The van der Waals surface area contributed by atoms with E-state index in [-0.39, 0.29) is 11.8 Å². The first-order valence-electron chi connectivity index (χ1n) is 9.15. The minimum absolute atomic E-state index is 0.150. The Labute approximate surface area is 177 Å². The largest absolute Gasteiger partial charge is 0.322 e. The topological polar surface area (TPSA) is 80.1 Å². The first-order valence-corrected chi connectivity index (χ1v) is 10.9. The molecule has 1 aromatic carbocycles. The number of nitrogens with one attached hydrogen (secondary N) is 1. The Kier molecular flexibility index (Phi) is 4.95. The van der Waals surface area contributed by atoms with E-state index in [1.54, 1.807) is 36.2 Å². The van der Waals surface area contributed by atoms with Crippen LogP contribution in [0.25, 0.3) is 10.7 Å². The number of para-hydroxylation sites is 2. The standard InChI is InChI=1S/C20H21N5O2S2/c1-12(29-19-23-22-16(24(19)4)15-10-7-11-28-15)17(26)25-14-9-6-5-8-13(14)21-18(27)20(25,2)3/h5-12H,1-4H3,(H,21,27). The van der Waals surface area contributed by atoms with E-state index in [1.807, 2.05) is 54.3 Å². The summed E-state index contributed by atoms with van der Waals surface area (Å²) in [5.74, 6) is 0.411. The molecule has 1 aliphatic rings. The molecule has 29 heavy (non-hydrogen) atoms. The fourth-order valence-electron chi connectivity index (χ4n) is 3.27. The van der Waals surface area contributed by atoms with Crippen molar-refractivity contribution in [3.8, 4) is 10.7 Å². The van der Waals surface area contributed by atoms with Crippen LogP contribution < -0.4 is 10.2 Å². The lowest BCUT2D eigenvalue weighted by molar-refractivity contribution is -0.126. The number of thioether (sulfide) groups is 1. The molecule has 0 saturated carbocycles. The minimum Gasteiger partial charge on any atom is -0.322 e. The number of carbonyl (C=O) groups is 2. The Balaban J connectivity index is 1.62. The maximum absolute atomic E-state index is 13.4. The van der Waals surface area contributed by atoms with Gasteiger partial charge in [0.1, 0.15) is 5.54 Å². The summed E-state index contributed by atoms with van der Waals surface area (Å²) >= 11 is 2.93. The molecule has 0 fully saturated rings. The fourth-order valence-corrected chi connectivity index (χ4v) is 4.87. The van der Waals surface area contributed by atoms with Crippen LogP contribution in [0.2, 0.25) is 0 Å². The lowest BCUT2D eigenvalue weighted by Gasteiger charge is -2.43. The van der Waals surface area contributed by atoms with Gasteiger partial charge in [-0.05, 0) is 44.4 Å². The van der Waals surface area contributed by atoms with Gasteiger partial charge in [-0.1, -0.05) is 30.0 Å². The number of carbonyl (C=O) groups excluding carboxylic acids is 2. The Morgan fingerprint density at radius 3 is 2.69 bits per heavy atom. The highest BCUT2D eigenvalue weighted by atomic mass is 32.2. The van der Waals surface area contributed by atoms with Gasteiger partial charge in [-0.15, -0.1) is 21.5 Å². The first kappa shape index (κ1) is 19.7. The minimum atomic E-state index is -0.998. The molecule has 9 heteroatoms. The number of hydrogen-bond donors (Lipinski definition) is 1. The van der Waals surface area contributed by atoms with E-state index in [0.717, 1.165) is 10.7 Å². The van der Waals surface area contributed by atoms with Crippen LogP contribution in [-0.4, -0.2) is 37.4 Å². The van der Waals surface area contributed by atoms with Gasteiger partial charge in [0.25, 0.3) is 0 Å². The smallest absolute Gasteiger partial charge is 0.250 e. The van der Waals surface area contributed by atoms with Crippen LogP contribution in [0.15, 0.2) is 46.9 Å². The summed E-state index contributed by atoms with van der Waals surface area (Å²) < 4.78 is 1.89. The lowest BCUT2D eigenvalue weighted by atomic mass is 9.96. The molecule has 3 aromatic rings. The number of nitrogens with zero attached hydrogens (tertiary/aromatic N) is 4. The van der Waals surface area contributed by atoms with Crippen LogP contribution in [0.5, 0.6) is 0 Å². The molecule has 0 saturated heterocycles. The highest BCUT2D eigenvalue weighted by molar-refractivity contribution is 8.00. The van der Waals surface area contributed by atoms with Crippen LogP contribution in [0.4, 0.5) is 11.4 Å². The van der Waals surface area contributed by atoms with Crippen molar-refractivity contribution in [2.45, 2.75) is 36.7 Å².